The number of hydrogen-bond acceptors (Lipinski definition) is 4. The lowest BCUT2D eigenvalue weighted by molar-refractivity contribution is 0.308. The van der Waals surface area contributed by atoms with E-state index in [-0.39, 0.29) is 0 Å². The first kappa shape index (κ1) is 51.9. The Bertz CT molecular complexity index is 2340. The lowest BCUT2D eigenvalue weighted by atomic mass is 9.77. The van der Waals surface area contributed by atoms with Crippen LogP contribution in [0.15, 0.2) is 146 Å². The molecule has 4 heteroatoms. The summed E-state index contributed by atoms with van der Waals surface area (Å²) in [6.07, 6.45) is 19.0. The summed E-state index contributed by atoms with van der Waals surface area (Å²) in [5.41, 5.74) is 11.7. The first-order chi connectivity index (χ1) is 32.8. The second-order valence-corrected chi connectivity index (χ2v) is 18.5. The van der Waals surface area contributed by atoms with Gasteiger partial charge < -0.3 is 9.47 Å². The molecule has 67 heavy (non-hydrogen) atoms. The monoisotopic (exact) mass is 893 g/mol. The van der Waals surface area contributed by atoms with Crippen molar-refractivity contribution in [3.63, 3.8) is 0 Å². The molecule has 2 saturated carbocycles. The number of aryl methyl sites for hydroxylation is 2. The summed E-state index contributed by atoms with van der Waals surface area (Å²) >= 11 is 0. The molecule has 0 spiro atoms. The van der Waals surface area contributed by atoms with Crippen molar-refractivity contribution < 1.29 is 9.47 Å². The van der Waals surface area contributed by atoms with Crippen molar-refractivity contribution in [3.8, 4) is 45.9 Å². The average molecular weight is 893 g/mol. The quantitative estimate of drug-likeness (QED) is 0.116. The molecule has 0 N–H and O–H groups in total. The summed E-state index contributed by atoms with van der Waals surface area (Å²) in [5, 5.41) is 17.4. The van der Waals surface area contributed by atoms with E-state index in [2.05, 4.69) is 137 Å². The van der Waals surface area contributed by atoms with Crippen LogP contribution in [0.4, 0.5) is 0 Å². The van der Waals surface area contributed by atoms with Crippen molar-refractivity contribution in [1.82, 2.24) is 0 Å². The molecule has 0 radical (unpaired) electrons. The van der Waals surface area contributed by atoms with Gasteiger partial charge in [-0.3, -0.25) is 0 Å². The lowest BCUT2D eigenvalue weighted by Crippen LogP contribution is -2.13. The molecule has 2 fully saturated rings. The van der Waals surface area contributed by atoms with E-state index in [9.17, 15) is 0 Å². The highest BCUT2D eigenvalue weighted by Gasteiger charge is 2.23. The third kappa shape index (κ3) is 17.2. The molecule has 350 valence electrons. The van der Waals surface area contributed by atoms with E-state index in [1.165, 1.54) is 117 Å². The minimum atomic E-state index is 0.700. The molecule has 0 bridgehead atoms. The zero-order valence-electron chi connectivity index (χ0n) is 41.5. The minimum absolute atomic E-state index is 0.700. The molecular formula is C63H76N2O2. The molecule has 2 aliphatic rings. The van der Waals surface area contributed by atoms with Crippen molar-refractivity contribution >= 4 is 0 Å². The Labute approximate surface area is 405 Å². The molecule has 0 aliphatic heterocycles. The molecule has 2 aliphatic carbocycles. The van der Waals surface area contributed by atoms with Gasteiger partial charge in [-0.05, 0) is 183 Å². The average Bonchev–Trinajstić information content (AvgIpc) is 3.39. The topological polar surface area (TPSA) is 66.0 Å². The maximum Gasteiger partial charge on any atom is 0.119 e. The van der Waals surface area contributed by atoms with E-state index in [4.69, 9.17) is 20.0 Å². The van der Waals surface area contributed by atoms with Gasteiger partial charge in [-0.15, -0.1) is 0 Å². The van der Waals surface area contributed by atoms with Crippen LogP contribution in [0.2, 0.25) is 0 Å². The van der Waals surface area contributed by atoms with Crippen LogP contribution in [0.3, 0.4) is 0 Å². The van der Waals surface area contributed by atoms with Crippen molar-refractivity contribution in [1.29, 1.82) is 10.5 Å². The Kier molecular flexibility index (Phi) is 22.3. The molecule has 0 heterocycles. The zero-order valence-corrected chi connectivity index (χ0v) is 41.5. The van der Waals surface area contributed by atoms with Crippen LogP contribution in [0.5, 0.6) is 11.5 Å². The first-order valence-electron chi connectivity index (χ1n) is 25.3. The molecule has 0 saturated heterocycles. The number of hydrogen-bond donors (Lipinski definition) is 0. The Balaban J connectivity index is 0.000000167. The second-order valence-electron chi connectivity index (χ2n) is 18.5. The van der Waals surface area contributed by atoms with Crippen molar-refractivity contribution in [2.75, 3.05) is 13.7 Å². The van der Waals surface area contributed by atoms with Crippen LogP contribution in [-0.4, -0.2) is 13.7 Å². The van der Waals surface area contributed by atoms with E-state index in [0.717, 1.165) is 59.3 Å². The van der Waals surface area contributed by atoms with Crippen LogP contribution in [0.1, 0.15) is 156 Å². The molecule has 6 aromatic carbocycles. The van der Waals surface area contributed by atoms with Crippen LogP contribution in [0, 0.1) is 41.4 Å². The smallest absolute Gasteiger partial charge is 0.119 e. The fraction of sp³-hybridized carbons (Fsp3) is 0.397. The van der Waals surface area contributed by atoms with Gasteiger partial charge in [0.15, 0.2) is 0 Å². The number of ether oxygens (including phenoxy) is 2. The Morgan fingerprint density at radius 2 is 0.821 bits per heavy atom. The van der Waals surface area contributed by atoms with Gasteiger partial charge in [0.1, 0.15) is 11.5 Å². The van der Waals surface area contributed by atoms with Crippen molar-refractivity contribution in [2.45, 2.75) is 136 Å². The van der Waals surface area contributed by atoms with Gasteiger partial charge in [-0.2, -0.15) is 10.5 Å². The Hall–Kier alpha value is -6.10. The summed E-state index contributed by atoms with van der Waals surface area (Å²) < 4.78 is 10.7. The number of nitriles is 2. The number of methoxy groups -OCH3 is 1. The maximum atomic E-state index is 8.74. The van der Waals surface area contributed by atoms with E-state index >= 15 is 0 Å². The van der Waals surface area contributed by atoms with Gasteiger partial charge in [0, 0.05) is 0 Å². The van der Waals surface area contributed by atoms with Crippen LogP contribution in [-0.2, 0) is 6.42 Å². The zero-order chi connectivity index (χ0) is 47.6. The Morgan fingerprint density at radius 3 is 1.16 bits per heavy atom. The third-order valence-corrected chi connectivity index (χ3v) is 13.6. The standard InChI is InChI=1S/C17H26O.C16H15N.C16H24O.C14H11N/c1-3-5-14-6-8-15(9-7-14)16-10-12-17(13-11-16)18-4-2;1-2-3-13-4-8-15(9-5-13)16-10-6-14(12-17)7-11-16;1-3-4-13-5-7-14(8-6-13)15-9-11-16(17-2)12-10-15;1-11-2-6-13(7-3-11)14-8-4-12(10-15)5-9-14/h10-15H,3-9H2,1-2H3;4-11H,2-3H2,1H3;9-14H,3-8H2,1-2H3;2-9H,1H3. The molecule has 0 amide bonds. The van der Waals surface area contributed by atoms with Crippen LogP contribution in [0.25, 0.3) is 22.3 Å². The first-order valence-corrected chi connectivity index (χ1v) is 25.3. The van der Waals surface area contributed by atoms with Gasteiger partial charge in [-0.25, -0.2) is 0 Å². The number of rotatable bonds is 13. The molecule has 0 aromatic heterocycles. The summed E-state index contributed by atoms with van der Waals surface area (Å²) in [6.45, 7) is 11.6. The lowest BCUT2D eigenvalue weighted by Gasteiger charge is -2.28. The summed E-state index contributed by atoms with van der Waals surface area (Å²) in [4.78, 5) is 0. The number of nitrogens with zero attached hydrogens (tertiary/aromatic N) is 2. The van der Waals surface area contributed by atoms with Crippen molar-refractivity contribution in [3.05, 3.63) is 179 Å². The van der Waals surface area contributed by atoms with E-state index in [1.807, 2.05) is 55.5 Å². The minimum Gasteiger partial charge on any atom is -0.497 e. The van der Waals surface area contributed by atoms with Gasteiger partial charge in [0.2, 0.25) is 0 Å². The van der Waals surface area contributed by atoms with Gasteiger partial charge in [0.25, 0.3) is 0 Å². The molecule has 6 aromatic rings. The van der Waals surface area contributed by atoms with Gasteiger partial charge in [-0.1, -0.05) is 156 Å². The number of benzene rings is 6. The predicted molar refractivity (Wildman–Crippen MR) is 282 cm³/mol. The Morgan fingerprint density at radius 1 is 0.448 bits per heavy atom. The molecule has 4 nitrogen and oxygen atoms in total. The van der Waals surface area contributed by atoms with E-state index in [0.29, 0.717) is 11.1 Å². The van der Waals surface area contributed by atoms with Crippen LogP contribution < -0.4 is 9.47 Å². The van der Waals surface area contributed by atoms with Crippen LogP contribution >= 0.6 is 0 Å². The molecular weight excluding hydrogens is 817 g/mol. The largest absolute Gasteiger partial charge is 0.497 e. The summed E-state index contributed by atoms with van der Waals surface area (Å²) in [6, 6.07) is 54.0. The highest BCUT2D eigenvalue weighted by atomic mass is 16.5. The highest BCUT2D eigenvalue weighted by molar-refractivity contribution is 5.65. The normalized spacial score (nSPS) is 17.3. The highest BCUT2D eigenvalue weighted by Crippen LogP contribution is 2.39. The molecule has 0 atom stereocenters. The molecule has 8 rings (SSSR count). The van der Waals surface area contributed by atoms with E-state index in [1.54, 1.807) is 7.11 Å². The fourth-order valence-electron chi connectivity index (χ4n) is 9.64. The third-order valence-electron chi connectivity index (χ3n) is 13.6. The SMILES string of the molecule is CCCC1CCC(c2ccc(OC)cc2)CC1.CCCC1CCC(c2ccc(OCC)cc2)CC1.CCCc1ccc(-c2ccc(C#N)cc2)cc1.Cc1ccc(-c2ccc(C#N)cc2)cc1. The van der Waals surface area contributed by atoms with Gasteiger partial charge in [0.05, 0.1) is 37.0 Å². The summed E-state index contributed by atoms with van der Waals surface area (Å²) in [5.74, 6) is 5.53. The summed E-state index contributed by atoms with van der Waals surface area (Å²) in [7, 11) is 1.73. The molecule has 0 unspecified atom stereocenters. The van der Waals surface area contributed by atoms with Crippen molar-refractivity contribution in [2.24, 2.45) is 11.8 Å². The predicted octanol–water partition coefficient (Wildman–Crippen LogP) is 17.6. The fourth-order valence-corrected chi connectivity index (χ4v) is 9.64. The second kappa shape index (κ2) is 28.8. The maximum absolute atomic E-state index is 8.74. The van der Waals surface area contributed by atoms with Gasteiger partial charge >= 0.3 is 0 Å². The van der Waals surface area contributed by atoms with E-state index < -0.39 is 0 Å².